The van der Waals surface area contributed by atoms with Crippen molar-refractivity contribution < 1.29 is 14.5 Å². The first-order chi connectivity index (χ1) is 14.8. The van der Waals surface area contributed by atoms with Crippen LogP contribution < -0.4 is 10.6 Å². The third kappa shape index (κ3) is 5.39. The van der Waals surface area contributed by atoms with E-state index in [1.165, 1.54) is 12.1 Å². The highest BCUT2D eigenvalue weighted by atomic mass is 35.5. The predicted molar refractivity (Wildman–Crippen MR) is 120 cm³/mol. The lowest BCUT2D eigenvalue weighted by molar-refractivity contribution is -0.384. The lowest BCUT2D eigenvalue weighted by atomic mass is 10.1. The molecule has 0 aromatic heterocycles. The minimum Gasteiger partial charge on any atom is -0.345 e. The van der Waals surface area contributed by atoms with Gasteiger partial charge in [0.1, 0.15) is 0 Å². The maximum absolute atomic E-state index is 12.8. The van der Waals surface area contributed by atoms with E-state index in [4.69, 9.17) is 23.2 Å². The first kappa shape index (κ1) is 22.3. The number of amides is 2. The Morgan fingerprint density at radius 2 is 1.61 bits per heavy atom. The zero-order chi connectivity index (χ0) is 22.5. The maximum Gasteiger partial charge on any atom is 0.270 e. The van der Waals surface area contributed by atoms with Crippen molar-refractivity contribution in [3.8, 4) is 0 Å². The Bertz CT molecular complexity index is 1150. The molecule has 31 heavy (non-hydrogen) atoms. The molecule has 3 rings (SSSR count). The molecule has 0 fully saturated rings. The van der Waals surface area contributed by atoms with Gasteiger partial charge < -0.3 is 10.6 Å². The minimum absolute atomic E-state index is 0.0528. The Kier molecular flexibility index (Phi) is 6.89. The smallest absolute Gasteiger partial charge is 0.270 e. The topological polar surface area (TPSA) is 101 Å². The Morgan fingerprint density at radius 3 is 2.26 bits per heavy atom. The van der Waals surface area contributed by atoms with Crippen molar-refractivity contribution in [2.24, 2.45) is 0 Å². The molecular weight excluding hydrogens is 441 g/mol. The van der Waals surface area contributed by atoms with Crippen LogP contribution in [0.5, 0.6) is 0 Å². The molecule has 0 aliphatic heterocycles. The van der Waals surface area contributed by atoms with Crippen LogP contribution in [0.2, 0.25) is 10.0 Å². The molecule has 2 amide bonds. The van der Waals surface area contributed by atoms with Gasteiger partial charge in [-0.25, -0.2) is 0 Å². The maximum atomic E-state index is 12.8. The van der Waals surface area contributed by atoms with Gasteiger partial charge in [-0.15, -0.1) is 0 Å². The summed E-state index contributed by atoms with van der Waals surface area (Å²) in [5.41, 5.74) is 1.24. The van der Waals surface area contributed by atoms with Gasteiger partial charge in [0.2, 0.25) is 0 Å². The van der Waals surface area contributed by atoms with Gasteiger partial charge in [-0.05, 0) is 42.8 Å². The molecule has 7 nitrogen and oxygen atoms in total. The summed E-state index contributed by atoms with van der Waals surface area (Å²) in [7, 11) is 0. The first-order valence-corrected chi connectivity index (χ1v) is 9.92. The minimum atomic E-state index is -0.602. The summed E-state index contributed by atoms with van der Waals surface area (Å²) >= 11 is 11.9. The number of nitrogens with one attached hydrogen (secondary N) is 2. The Labute approximate surface area is 188 Å². The molecule has 1 atom stereocenters. The van der Waals surface area contributed by atoms with Crippen LogP contribution in [-0.2, 0) is 0 Å². The molecule has 9 heteroatoms. The van der Waals surface area contributed by atoms with Crippen molar-refractivity contribution >= 4 is 46.4 Å². The van der Waals surface area contributed by atoms with Gasteiger partial charge >= 0.3 is 0 Å². The summed E-state index contributed by atoms with van der Waals surface area (Å²) < 4.78 is 0. The fraction of sp³-hybridized carbons (Fsp3) is 0.0909. The quantitative estimate of drug-likeness (QED) is 0.369. The molecule has 0 bridgehead atoms. The highest BCUT2D eigenvalue weighted by Crippen LogP contribution is 2.25. The fourth-order valence-corrected chi connectivity index (χ4v) is 3.28. The monoisotopic (exact) mass is 457 g/mol. The van der Waals surface area contributed by atoms with Crippen molar-refractivity contribution in [2.75, 3.05) is 5.32 Å². The lowest BCUT2D eigenvalue weighted by Gasteiger charge is -2.16. The number of benzene rings is 3. The average molecular weight is 458 g/mol. The summed E-state index contributed by atoms with van der Waals surface area (Å²) in [5.74, 6) is -0.973. The number of hydrogen-bond donors (Lipinski definition) is 2. The number of nitro benzene ring substituents is 1. The van der Waals surface area contributed by atoms with Gasteiger partial charge in [0.05, 0.1) is 32.8 Å². The SMILES string of the molecule is CC(NC(=O)c1ccccc1NC(=O)c1ccc([N+](=O)[O-])cc1Cl)c1ccc(Cl)cc1. The third-order valence-electron chi connectivity index (χ3n) is 4.55. The Hall–Kier alpha value is -3.42. The van der Waals surface area contributed by atoms with E-state index in [2.05, 4.69) is 10.6 Å². The summed E-state index contributed by atoms with van der Waals surface area (Å²) in [5, 5.41) is 16.9. The van der Waals surface area contributed by atoms with E-state index < -0.39 is 10.8 Å². The largest absolute Gasteiger partial charge is 0.345 e. The number of anilines is 1. The van der Waals surface area contributed by atoms with E-state index in [1.807, 2.05) is 19.1 Å². The molecule has 0 aliphatic rings. The van der Waals surface area contributed by atoms with E-state index in [9.17, 15) is 19.7 Å². The molecule has 3 aromatic carbocycles. The molecular formula is C22H17Cl2N3O4. The van der Waals surface area contributed by atoms with Crippen LogP contribution in [0, 0.1) is 10.1 Å². The zero-order valence-electron chi connectivity index (χ0n) is 16.3. The van der Waals surface area contributed by atoms with Crippen molar-refractivity contribution in [1.29, 1.82) is 0 Å². The molecule has 2 N–H and O–H groups in total. The predicted octanol–water partition coefficient (Wildman–Crippen LogP) is 5.64. The molecule has 3 aromatic rings. The number of rotatable bonds is 6. The van der Waals surface area contributed by atoms with Crippen LogP contribution in [0.15, 0.2) is 66.7 Å². The summed E-state index contributed by atoms with van der Waals surface area (Å²) in [6.07, 6.45) is 0. The second kappa shape index (κ2) is 9.59. The second-order valence-corrected chi connectivity index (χ2v) is 7.51. The summed E-state index contributed by atoms with van der Waals surface area (Å²) in [6, 6.07) is 16.9. The number of hydrogen-bond acceptors (Lipinski definition) is 4. The second-order valence-electron chi connectivity index (χ2n) is 6.67. The van der Waals surface area contributed by atoms with Gasteiger partial charge in [-0.3, -0.25) is 19.7 Å². The van der Waals surface area contributed by atoms with Gasteiger partial charge in [0.15, 0.2) is 0 Å². The molecule has 0 aliphatic carbocycles. The Morgan fingerprint density at radius 1 is 0.935 bits per heavy atom. The molecule has 1 unspecified atom stereocenters. The summed E-state index contributed by atoms with van der Waals surface area (Å²) in [4.78, 5) is 35.7. The normalized spacial score (nSPS) is 11.5. The average Bonchev–Trinajstić information content (AvgIpc) is 2.74. The van der Waals surface area contributed by atoms with Crippen LogP contribution in [0.1, 0.15) is 39.2 Å². The van der Waals surface area contributed by atoms with Crippen LogP contribution >= 0.6 is 23.2 Å². The highest BCUT2D eigenvalue weighted by Gasteiger charge is 2.19. The number of halogens is 2. The summed E-state index contributed by atoms with van der Waals surface area (Å²) in [6.45, 7) is 1.83. The van der Waals surface area contributed by atoms with E-state index in [0.29, 0.717) is 5.02 Å². The van der Waals surface area contributed by atoms with Crippen LogP contribution in [0.25, 0.3) is 0 Å². The van der Waals surface area contributed by atoms with Crippen molar-refractivity contribution in [2.45, 2.75) is 13.0 Å². The molecule has 0 saturated carbocycles. The molecule has 0 saturated heterocycles. The van der Waals surface area contributed by atoms with Crippen LogP contribution in [-0.4, -0.2) is 16.7 Å². The molecule has 0 spiro atoms. The number of nitrogens with zero attached hydrogens (tertiary/aromatic N) is 1. The van der Waals surface area contributed by atoms with Gasteiger partial charge in [0.25, 0.3) is 17.5 Å². The van der Waals surface area contributed by atoms with E-state index >= 15 is 0 Å². The number of carbonyl (C=O) groups excluding carboxylic acids is 2. The fourth-order valence-electron chi connectivity index (χ4n) is 2.89. The standard InChI is InChI=1S/C22H17Cl2N3O4/c1-13(14-6-8-15(23)9-7-14)25-22(29)18-4-2-3-5-20(18)26-21(28)17-11-10-16(27(30)31)12-19(17)24/h2-13H,1H3,(H,25,29)(H,26,28). The number of carbonyl (C=O) groups is 2. The third-order valence-corrected chi connectivity index (χ3v) is 5.11. The van der Waals surface area contributed by atoms with Crippen LogP contribution in [0.4, 0.5) is 11.4 Å². The highest BCUT2D eigenvalue weighted by molar-refractivity contribution is 6.34. The first-order valence-electron chi connectivity index (χ1n) is 9.17. The number of nitro groups is 1. The van der Waals surface area contributed by atoms with Gasteiger partial charge in [-0.2, -0.15) is 0 Å². The number of para-hydroxylation sites is 1. The Balaban J connectivity index is 1.78. The van der Waals surface area contributed by atoms with Crippen LogP contribution in [0.3, 0.4) is 0 Å². The molecule has 158 valence electrons. The van der Waals surface area contributed by atoms with E-state index in [0.717, 1.165) is 11.6 Å². The van der Waals surface area contributed by atoms with Gasteiger partial charge in [0, 0.05) is 17.2 Å². The van der Waals surface area contributed by atoms with Crippen molar-refractivity contribution in [1.82, 2.24) is 5.32 Å². The molecule has 0 heterocycles. The van der Waals surface area contributed by atoms with Crippen molar-refractivity contribution in [3.63, 3.8) is 0 Å². The lowest BCUT2D eigenvalue weighted by Crippen LogP contribution is -2.28. The van der Waals surface area contributed by atoms with Gasteiger partial charge in [-0.1, -0.05) is 47.5 Å². The van der Waals surface area contributed by atoms with E-state index in [1.54, 1.807) is 36.4 Å². The molecule has 0 radical (unpaired) electrons. The number of non-ortho nitro benzene ring substituents is 1. The zero-order valence-corrected chi connectivity index (χ0v) is 17.8. The van der Waals surface area contributed by atoms with Crippen molar-refractivity contribution in [3.05, 3.63) is 104 Å². The van der Waals surface area contributed by atoms with E-state index in [-0.39, 0.29) is 39.5 Å².